The van der Waals surface area contributed by atoms with Gasteiger partial charge in [0.2, 0.25) is 17.5 Å². The zero-order valence-electron chi connectivity index (χ0n) is 15.1. The van der Waals surface area contributed by atoms with E-state index in [4.69, 9.17) is 0 Å². The minimum Gasteiger partial charge on any atom is -0.352 e. The van der Waals surface area contributed by atoms with Gasteiger partial charge in [-0.15, -0.1) is 0 Å². The van der Waals surface area contributed by atoms with Crippen LogP contribution in [0.15, 0.2) is 6.07 Å². The van der Waals surface area contributed by atoms with E-state index in [9.17, 15) is 32.9 Å². The molecule has 0 aromatic heterocycles. The fraction of sp³-hybridized carbons (Fsp3) is 0.556. The third kappa shape index (κ3) is 3.81. The molecule has 10 heteroatoms. The Balaban J connectivity index is 1.83. The zero-order chi connectivity index (χ0) is 20.4. The van der Waals surface area contributed by atoms with E-state index in [-0.39, 0.29) is 18.5 Å². The molecule has 1 atom stereocenters. The maximum absolute atomic E-state index is 14.1. The van der Waals surface area contributed by atoms with Gasteiger partial charge in [-0.25, -0.2) is 8.78 Å². The first kappa shape index (κ1) is 20.1. The fourth-order valence-electron chi connectivity index (χ4n) is 3.86. The lowest BCUT2D eigenvalue weighted by atomic mass is 9.95. The lowest BCUT2D eigenvalue weighted by Gasteiger charge is -2.28. The van der Waals surface area contributed by atoms with Crippen LogP contribution in [0, 0.1) is 27.6 Å². The average Bonchev–Trinajstić information content (AvgIpc) is 3.16. The highest BCUT2D eigenvalue weighted by Crippen LogP contribution is 2.29. The van der Waals surface area contributed by atoms with Crippen molar-refractivity contribution in [3.63, 3.8) is 0 Å². The molecule has 1 saturated heterocycles. The summed E-state index contributed by atoms with van der Waals surface area (Å²) >= 11 is 0. The molecule has 2 fully saturated rings. The maximum Gasteiger partial charge on any atom is 0.308 e. The Hall–Kier alpha value is -2.65. The predicted octanol–water partition coefficient (Wildman–Crippen LogP) is 3.07. The van der Waals surface area contributed by atoms with Gasteiger partial charge in [-0.05, 0) is 25.7 Å². The van der Waals surface area contributed by atoms with E-state index >= 15 is 0 Å². The third-order valence-electron chi connectivity index (χ3n) is 5.32. The smallest absolute Gasteiger partial charge is 0.308 e. The number of carbonyl (C=O) groups excluding carboxylic acids is 2. The highest BCUT2D eigenvalue weighted by Gasteiger charge is 2.38. The predicted molar refractivity (Wildman–Crippen MR) is 92.0 cm³/mol. The number of hydrogen-bond donors (Lipinski definition) is 1. The van der Waals surface area contributed by atoms with E-state index in [1.165, 1.54) is 0 Å². The molecule has 0 unspecified atom stereocenters. The SMILES string of the molecule is O=C(NC1CCCCC1)[C@H]1CCCN1C(=O)c1cc([N+](=O)[O-])c(F)c(F)c1F. The number of benzene rings is 1. The van der Waals surface area contributed by atoms with Gasteiger partial charge in [0.25, 0.3) is 5.91 Å². The van der Waals surface area contributed by atoms with Gasteiger partial charge in [0.15, 0.2) is 5.82 Å². The molecular weight excluding hydrogens is 379 g/mol. The van der Waals surface area contributed by atoms with Crippen LogP contribution in [0.4, 0.5) is 18.9 Å². The molecule has 1 aromatic rings. The summed E-state index contributed by atoms with van der Waals surface area (Å²) in [6.45, 7) is 0.119. The number of rotatable bonds is 4. The Bertz CT molecular complexity index is 812. The van der Waals surface area contributed by atoms with Gasteiger partial charge in [-0.3, -0.25) is 19.7 Å². The number of carbonyl (C=O) groups is 2. The number of nitrogens with zero attached hydrogens (tertiary/aromatic N) is 2. The summed E-state index contributed by atoms with van der Waals surface area (Å²) in [6.07, 6.45) is 5.62. The van der Waals surface area contributed by atoms with Gasteiger partial charge in [0, 0.05) is 18.7 Å². The van der Waals surface area contributed by atoms with Crippen molar-refractivity contribution < 1.29 is 27.7 Å². The minimum absolute atomic E-state index is 0.0138. The molecule has 0 radical (unpaired) electrons. The Labute approximate surface area is 159 Å². The number of halogens is 3. The summed E-state index contributed by atoms with van der Waals surface area (Å²) < 4.78 is 41.4. The molecule has 1 saturated carbocycles. The Morgan fingerprint density at radius 1 is 1.04 bits per heavy atom. The largest absolute Gasteiger partial charge is 0.352 e. The molecule has 3 rings (SSSR count). The Morgan fingerprint density at radius 2 is 1.71 bits per heavy atom. The van der Waals surface area contributed by atoms with Crippen LogP contribution in [0.25, 0.3) is 0 Å². The molecule has 28 heavy (non-hydrogen) atoms. The van der Waals surface area contributed by atoms with Crippen LogP contribution in [-0.2, 0) is 4.79 Å². The molecule has 152 valence electrons. The van der Waals surface area contributed by atoms with Crippen LogP contribution in [0.2, 0.25) is 0 Å². The molecule has 1 N–H and O–H groups in total. The molecule has 2 aliphatic rings. The van der Waals surface area contributed by atoms with Crippen molar-refractivity contribution in [2.24, 2.45) is 0 Å². The van der Waals surface area contributed by atoms with Crippen LogP contribution < -0.4 is 5.32 Å². The summed E-state index contributed by atoms with van der Waals surface area (Å²) in [7, 11) is 0. The van der Waals surface area contributed by atoms with E-state index in [1.54, 1.807) is 0 Å². The average molecular weight is 399 g/mol. The van der Waals surface area contributed by atoms with Crippen LogP contribution in [0.5, 0.6) is 0 Å². The van der Waals surface area contributed by atoms with Crippen LogP contribution >= 0.6 is 0 Å². The summed E-state index contributed by atoms with van der Waals surface area (Å²) in [5, 5.41) is 13.8. The summed E-state index contributed by atoms with van der Waals surface area (Å²) in [5.74, 6) is -7.30. The lowest BCUT2D eigenvalue weighted by Crippen LogP contribution is -2.49. The number of nitrogens with one attached hydrogen (secondary N) is 1. The summed E-state index contributed by atoms with van der Waals surface area (Å²) in [5.41, 5.74) is -2.28. The van der Waals surface area contributed by atoms with Crippen LogP contribution in [0.3, 0.4) is 0 Å². The van der Waals surface area contributed by atoms with Gasteiger partial charge >= 0.3 is 5.69 Å². The highest BCUT2D eigenvalue weighted by atomic mass is 19.2. The van der Waals surface area contributed by atoms with Gasteiger partial charge in [0.05, 0.1) is 10.5 Å². The first-order valence-corrected chi connectivity index (χ1v) is 9.24. The topological polar surface area (TPSA) is 92.6 Å². The van der Waals surface area contributed by atoms with Gasteiger partial charge < -0.3 is 10.2 Å². The number of likely N-dealkylation sites (tertiary alicyclic amines) is 1. The quantitative estimate of drug-likeness (QED) is 0.478. The second kappa shape index (κ2) is 8.15. The standard InChI is InChI=1S/C18H20F3N3O4/c19-14-11(9-13(24(27)28)15(20)16(14)21)18(26)23-8-4-7-12(23)17(25)22-10-5-2-1-3-6-10/h9-10,12H,1-8H2,(H,22,25)/t12-/m1/s1. The first-order valence-electron chi connectivity index (χ1n) is 9.24. The fourth-order valence-corrected chi connectivity index (χ4v) is 3.86. The van der Waals surface area contributed by atoms with E-state index < -0.39 is 45.6 Å². The van der Waals surface area contributed by atoms with Crippen molar-refractivity contribution in [2.45, 2.75) is 57.0 Å². The second-order valence-corrected chi connectivity index (χ2v) is 7.14. The van der Waals surface area contributed by atoms with Crippen molar-refractivity contribution in [1.29, 1.82) is 0 Å². The molecule has 1 aliphatic carbocycles. The third-order valence-corrected chi connectivity index (χ3v) is 5.32. The summed E-state index contributed by atoms with van der Waals surface area (Å²) in [4.78, 5) is 36.0. The molecular formula is C18H20F3N3O4. The number of amides is 2. The normalized spacial score (nSPS) is 20.2. The van der Waals surface area contributed by atoms with Crippen molar-refractivity contribution in [3.8, 4) is 0 Å². The van der Waals surface area contributed by atoms with Crippen molar-refractivity contribution in [1.82, 2.24) is 10.2 Å². The number of hydrogen-bond acceptors (Lipinski definition) is 4. The zero-order valence-corrected chi connectivity index (χ0v) is 15.1. The summed E-state index contributed by atoms with van der Waals surface area (Å²) in [6, 6.07) is -0.481. The van der Waals surface area contributed by atoms with Gasteiger partial charge in [0.1, 0.15) is 6.04 Å². The van der Waals surface area contributed by atoms with Gasteiger partial charge in [-0.1, -0.05) is 19.3 Å². The molecule has 1 aromatic carbocycles. The lowest BCUT2D eigenvalue weighted by molar-refractivity contribution is -0.387. The van der Waals surface area contributed by atoms with Gasteiger partial charge in [-0.2, -0.15) is 4.39 Å². The Morgan fingerprint density at radius 3 is 2.36 bits per heavy atom. The maximum atomic E-state index is 14.1. The number of nitro groups is 1. The Kier molecular flexibility index (Phi) is 5.85. The van der Waals surface area contributed by atoms with E-state index in [0.717, 1.165) is 37.0 Å². The van der Waals surface area contributed by atoms with E-state index in [2.05, 4.69) is 5.32 Å². The van der Waals surface area contributed by atoms with Crippen LogP contribution in [-0.4, -0.2) is 40.3 Å². The highest BCUT2D eigenvalue weighted by molar-refractivity contribution is 5.98. The molecule has 7 nitrogen and oxygen atoms in total. The van der Waals surface area contributed by atoms with Crippen molar-refractivity contribution in [2.75, 3.05) is 6.54 Å². The minimum atomic E-state index is -2.08. The molecule has 0 bridgehead atoms. The number of nitro benzene ring substituents is 1. The van der Waals surface area contributed by atoms with Crippen LogP contribution in [0.1, 0.15) is 55.3 Å². The van der Waals surface area contributed by atoms with Crippen molar-refractivity contribution in [3.05, 3.63) is 39.2 Å². The molecule has 2 amide bonds. The molecule has 1 aliphatic heterocycles. The van der Waals surface area contributed by atoms with Crippen molar-refractivity contribution >= 4 is 17.5 Å². The second-order valence-electron chi connectivity index (χ2n) is 7.14. The monoisotopic (exact) mass is 399 g/mol. The van der Waals surface area contributed by atoms with E-state index in [0.29, 0.717) is 18.9 Å². The molecule has 0 spiro atoms. The van der Waals surface area contributed by atoms with E-state index in [1.807, 2.05) is 0 Å². The first-order chi connectivity index (χ1) is 13.3. The molecule has 1 heterocycles.